The average Bonchev–Trinajstić information content (AvgIpc) is 2.66. The minimum atomic E-state index is -0.0956. The van der Waals surface area contributed by atoms with Gasteiger partial charge in [-0.25, -0.2) is 0 Å². The van der Waals surface area contributed by atoms with Crippen molar-refractivity contribution in [3.05, 3.63) is 70.3 Å². The smallest absolute Gasteiger partial charge is 0.198 e. The molecular formula is C17H14O2. The average molecular weight is 250 g/mol. The van der Waals surface area contributed by atoms with E-state index in [1.165, 1.54) is 0 Å². The summed E-state index contributed by atoms with van der Waals surface area (Å²) < 4.78 is 0. The molecule has 94 valence electrons. The van der Waals surface area contributed by atoms with Crippen LogP contribution in [0.15, 0.2) is 42.5 Å². The molecule has 0 aliphatic heterocycles. The van der Waals surface area contributed by atoms with E-state index < -0.39 is 0 Å². The van der Waals surface area contributed by atoms with E-state index >= 15 is 0 Å². The zero-order valence-corrected chi connectivity index (χ0v) is 10.9. The molecule has 0 heterocycles. The molecule has 1 aliphatic rings. The fourth-order valence-corrected chi connectivity index (χ4v) is 2.52. The number of allylic oxidation sites excluding steroid dienone is 1. The number of aliphatic hydroxyl groups is 1. The number of hydrogen-bond acceptors (Lipinski definition) is 2. The van der Waals surface area contributed by atoms with Crippen LogP contribution in [0.5, 0.6) is 0 Å². The molecule has 0 aromatic heterocycles. The summed E-state index contributed by atoms with van der Waals surface area (Å²) in [5, 5.41) is 10.3. The zero-order valence-electron chi connectivity index (χ0n) is 10.9. The lowest BCUT2D eigenvalue weighted by Crippen LogP contribution is -2.00. The second kappa shape index (κ2) is 4.09. The van der Waals surface area contributed by atoms with E-state index in [9.17, 15) is 9.90 Å². The van der Waals surface area contributed by atoms with Gasteiger partial charge in [0, 0.05) is 11.1 Å². The van der Waals surface area contributed by atoms with Crippen molar-refractivity contribution < 1.29 is 9.90 Å². The number of aliphatic hydroxyl groups excluding tert-OH is 1. The van der Waals surface area contributed by atoms with Crippen molar-refractivity contribution in [2.45, 2.75) is 13.8 Å². The Morgan fingerprint density at radius 1 is 0.895 bits per heavy atom. The van der Waals surface area contributed by atoms with Crippen molar-refractivity contribution in [2.75, 3.05) is 0 Å². The molecule has 2 aromatic carbocycles. The highest BCUT2D eigenvalue weighted by Crippen LogP contribution is 2.37. The number of fused-ring (bicyclic) bond motifs is 1. The highest BCUT2D eigenvalue weighted by Gasteiger charge is 2.30. The molecule has 0 amide bonds. The highest BCUT2D eigenvalue weighted by molar-refractivity contribution is 6.39. The van der Waals surface area contributed by atoms with Gasteiger partial charge in [0.25, 0.3) is 0 Å². The summed E-state index contributed by atoms with van der Waals surface area (Å²) >= 11 is 0. The first-order chi connectivity index (χ1) is 9.09. The number of Topliss-reactive ketones (excluding diaryl/α,β-unsaturated/α-hetero) is 1. The third-order valence-electron chi connectivity index (χ3n) is 3.55. The van der Waals surface area contributed by atoms with Gasteiger partial charge in [0.2, 0.25) is 0 Å². The summed E-state index contributed by atoms with van der Waals surface area (Å²) in [6.07, 6.45) is 0. The van der Waals surface area contributed by atoms with Crippen LogP contribution >= 0.6 is 0 Å². The number of hydrogen-bond donors (Lipinski definition) is 1. The summed E-state index contributed by atoms with van der Waals surface area (Å²) in [6, 6.07) is 13.1. The summed E-state index contributed by atoms with van der Waals surface area (Å²) in [5.74, 6) is -0.00361. The maximum Gasteiger partial charge on any atom is 0.198 e. The van der Waals surface area contributed by atoms with Crippen molar-refractivity contribution in [2.24, 2.45) is 0 Å². The van der Waals surface area contributed by atoms with Gasteiger partial charge in [-0.3, -0.25) is 4.79 Å². The summed E-state index contributed by atoms with van der Waals surface area (Å²) in [7, 11) is 0. The Balaban J connectivity index is 2.25. The SMILES string of the molecule is Cc1ccc(C)c(C2=C(O)c3ccccc3C2=O)c1. The number of aryl methyl sites for hydroxylation is 2. The maximum atomic E-state index is 12.5. The van der Waals surface area contributed by atoms with Crippen LogP contribution in [0.4, 0.5) is 0 Å². The van der Waals surface area contributed by atoms with Crippen molar-refractivity contribution in [1.29, 1.82) is 0 Å². The molecule has 0 unspecified atom stereocenters. The Labute approximate surface area is 112 Å². The molecule has 0 spiro atoms. The molecular weight excluding hydrogens is 236 g/mol. The van der Waals surface area contributed by atoms with Gasteiger partial charge in [0.1, 0.15) is 5.76 Å². The second-order valence-corrected chi connectivity index (χ2v) is 4.92. The van der Waals surface area contributed by atoms with Gasteiger partial charge in [0.05, 0.1) is 5.57 Å². The molecule has 0 atom stereocenters. The molecule has 0 saturated carbocycles. The molecule has 1 aliphatic carbocycles. The first-order valence-corrected chi connectivity index (χ1v) is 6.24. The summed E-state index contributed by atoms with van der Waals surface area (Å²) in [5.41, 5.74) is 4.51. The molecule has 0 bridgehead atoms. The Morgan fingerprint density at radius 3 is 2.26 bits per heavy atom. The first-order valence-electron chi connectivity index (χ1n) is 6.24. The van der Waals surface area contributed by atoms with Gasteiger partial charge in [-0.15, -0.1) is 0 Å². The number of benzene rings is 2. The van der Waals surface area contributed by atoms with Crippen LogP contribution in [-0.4, -0.2) is 10.9 Å². The van der Waals surface area contributed by atoms with Crippen LogP contribution < -0.4 is 0 Å². The van der Waals surface area contributed by atoms with E-state index in [4.69, 9.17) is 0 Å². The van der Waals surface area contributed by atoms with Crippen molar-refractivity contribution in [3.63, 3.8) is 0 Å². The molecule has 0 radical (unpaired) electrons. The molecule has 2 aromatic rings. The lowest BCUT2D eigenvalue weighted by molar-refractivity contribution is 0.105. The third-order valence-corrected chi connectivity index (χ3v) is 3.55. The van der Waals surface area contributed by atoms with Crippen molar-refractivity contribution in [3.8, 4) is 0 Å². The van der Waals surface area contributed by atoms with E-state index in [-0.39, 0.29) is 11.5 Å². The topological polar surface area (TPSA) is 37.3 Å². The van der Waals surface area contributed by atoms with Gasteiger partial charge in [-0.1, -0.05) is 48.0 Å². The zero-order chi connectivity index (χ0) is 13.6. The maximum absolute atomic E-state index is 12.5. The van der Waals surface area contributed by atoms with Crippen molar-refractivity contribution in [1.82, 2.24) is 0 Å². The Kier molecular flexibility index (Phi) is 2.53. The van der Waals surface area contributed by atoms with Gasteiger partial charge in [-0.05, 0) is 25.0 Å². The van der Waals surface area contributed by atoms with Gasteiger partial charge >= 0.3 is 0 Å². The fourth-order valence-electron chi connectivity index (χ4n) is 2.52. The van der Waals surface area contributed by atoms with Crippen LogP contribution in [0.3, 0.4) is 0 Å². The predicted octanol–water partition coefficient (Wildman–Crippen LogP) is 3.93. The van der Waals surface area contributed by atoms with Crippen LogP contribution in [0, 0.1) is 13.8 Å². The Bertz CT molecular complexity index is 724. The molecule has 0 saturated heterocycles. The number of rotatable bonds is 1. The second-order valence-electron chi connectivity index (χ2n) is 4.92. The molecule has 0 fully saturated rings. The van der Waals surface area contributed by atoms with Crippen LogP contribution in [0.2, 0.25) is 0 Å². The standard InChI is InChI=1S/C17H14O2/c1-10-7-8-11(2)14(9-10)15-16(18)12-5-3-4-6-13(12)17(15)19/h3-9,18H,1-2H3. The number of carbonyl (C=O) groups is 1. The molecule has 1 N–H and O–H groups in total. The predicted molar refractivity (Wildman–Crippen MR) is 76.1 cm³/mol. The van der Waals surface area contributed by atoms with Gasteiger partial charge < -0.3 is 5.11 Å². The van der Waals surface area contributed by atoms with Crippen LogP contribution in [0.25, 0.3) is 11.3 Å². The molecule has 3 rings (SSSR count). The first kappa shape index (κ1) is 11.7. The highest BCUT2D eigenvalue weighted by atomic mass is 16.3. The van der Waals surface area contributed by atoms with E-state index in [2.05, 4.69) is 0 Å². The van der Waals surface area contributed by atoms with Crippen LogP contribution in [0.1, 0.15) is 32.6 Å². The van der Waals surface area contributed by atoms with E-state index in [1.807, 2.05) is 44.2 Å². The summed E-state index contributed by atoms with van der Waals surface area (Å²) in [4.78, 5) is 12.5. The third kappa shape index (κ3) is 1.68. The number of ketones is 1. The number of carbonyl (C=O) groups excluding carboxylic acids is 1. The molecule has 2 nitrogen and oxygen atoms in total. The van der Waals surface area contributed by atoms with Gasteiger partial charge in [-0.2, -0.15) is 0 Å². The van der Waals surface area contributed by atoms with Crippen LogP contribution in [-0.2, 0) is 0 Å². The Hall–Kier alpha value is -2.35. The monoisotopic (exact) mass is 250 g/mol. The fraction of sp³-hybridized carbons (Fsp3) is 0.118. The van der Waals surface area contributed by atoms with E-state index in [1.54, 1.807) is 12.1 Å². The largest absolute Gasteiger partial charge is 0.507 e. The lowest BCUT2D eigenvalue weighted by atomic mass is 9.96. The normalized spacial score (nSPS) is 13.9. The minimum absolute atomic E-state index is 0.0919. The quantitative estimate of drug-likeness (QED) is 0.832. The molecule has 2 heteroatoms. The van der Waals surface area contributed by atoms with E-state index in [0.717, 1.165) is 16.7 Å². The van der Waals surface area contributed by atoms with Gasteiger partial charge in [0.15, 0.2) is 5.78 Å². The van der Waals surface area contributed by atoms with Crippen molar-refractivity contribution >= 4 is 17.1 Å². The Morgan fingerprint density at radius 2 is 1.58 bits per heavy atom. The minimum Gasteiger partial charge on any atom is -0.507 e. The van der Waals surface area contributed by atoms with E-state index in [0.29, 0.717) is 16.7 Å². The lowest BCUT2D eigenvalue weighted by Gasteiger charge is -2.07. The molecule has 19 heavy (non-hydrogen) atoms. The summed E-state index contributed by atoms with van der Waals surface area (Å²) in [6.45, 7) is 3.93.